The molecule has 0 radical (unpaired) electrons. The number of allylic oxidation sites excluding steroid dienone is 1. The second-order valence-corrected chi connectivity index (χ2v) is 12.0. The van der Waals surface area contributed by atoms with Crippen molar-refractivity contribution in [1.82, 2.24) is 24.4 Å². The van der Waals surface area contributed by atoms with Crippen LogP contribution in [0.5, 0.6) is 0 Å². The third-order valence-corrected chi connectivity index (χ3v) is 8.28. The molecule has 9 heteroatoms. The van der Waals surface area contributed by atoms with Crippen molar-refractivity contribution in [2.75, 3.05) is 0 Å². The van der Waals surface area contributed by atoms with E-state index in [-0.39, 0.29) is 27.3 Å². The first kappa shape index (κ1) is 24.1. The van der Waals surface area contributed by atoms with Gasteiger partial charge in [0.15, 0.2) is 5.82 Å². The molecule has 0 bridgehead atoms. The quantitative estimate of drug-likeness (QED) is 0.274. The van der Waals surface area contributed by atoms with Gasteiger partial charge in [-0.1, -0.05) is 96.4 Å². The molecule has 2 aromatic carbocycles. The molecule has 2 unspecified atom stereocenters. The van der Waals surface area contributed by atoms with Crippen LogP contribution in [0.25, 0.3) is 28.0 Å². The van der Waals surface area contributed by atoms with E-state index in [4.69, 9.17) is 33.3 Å². The van der Waals surface area contributed by atoms with Crippen molar-refractivity contribution < 1.29 is 0 Å². The minimum atomic E-state index is -0.193. The number of hydrogen-bond donors (Lipinski definition) is 0. The zero-order valence-electron chi connectivity index (χ0n) is 20.4. The van der Waals surface area contributed by atoms with Gasteiger partial charge in [-0.25, -0.2) is 9.67 Å². The first-order chi connectivity index (χ1) is 17.7. The Balaban J connectivity index is 1.43. The van der Waals surface area contributed by atoms with Gasteiger partial charge in [0, 0.05) is 23.2 Å². The highest BCUT2D eigenvalue weighted by Crippen LogP contribution is 2.64. The molecule has 1 saturated carbocycles. The summed E-state index contributed by atoms with van der Waals surface area (Å²) in [4.78, 5) is 18.6. The summed E-state index contributed by atoms with van der Waals surface area (Å²) in [5, 5.41) is 9.44. The summed E-state index contributed by atoms with van der Waals surface area (Å²) < 4.78 is 4.03. The highest BCUT2D eigenvalue weighted by Gasteiger charge is 2.59. The second-order valence-electron chi connectivity index (χ2n) is 9.94. The van der Waals surface area contributed by atoms with Crippen LogP contribution in [0.2, 0.25) is 0 Å². The van der Waals surface area contributed by atoms with E-state index < -0.39 is 0 Å². The Kier molecular flexibility index (Phi) is 5.82. The molecule has 37 heavy (non-hydrogen) atoms. The number of benzene rings is 2. The molecule has 186 valence electrons. The van der Waals surface area contributed by atoms with E-state index >= 15 is 0 Å². The molecule has 0 N–H and O–H groups in total. The van der Waals surface area contributed by atoms with Crippen LogP contribution in [0.1, 0.15) is 36.7 Å². The number of para-hydroxylation sites is 1. The summed E-state index contributed by atoms with van der Waals surface area (Å²) in [6.07, 6.45) is 5.66. The minimum Gasteiger partial charge on any atom is -0.266 e. The number of hydrogen-bond acceptors (Lipinski definition) is 5. The zero-order valence-corrected chi connectivity index (χ0v) is 22.7. The molecule has 0 amide bonds. The maximum Gasteiger partial charge on any atom is 0.291 e. The van der Waals surface area contributed by atoms with Crippen molar-refractivity contribution in [2.45, 2.75) is 26.7 Å². The maximum absolute atomic E-state index is 13.3. The fourth-order valence-corrected chi connectivity index (χ4v) is 6.06. The molecule has 3 aromatic heterocycles. The van der Waals surface area contributed by atoms with Crippen molar-refractivity contribution >= 4 is 45.6 Å². The van der Waals surface area contributed by atoms with Gasteiger partial charge in [0.05, 0.1) is 15.9 Å². The van der Waals surface area contributed by atoms with E-state index in [0.29, 0.717) is 15.3 Å². The van der Waals surface area contributed by atoms with E-state index in [1.807, 2.05) is 65.5 Å². The topological polar surface area (TPSA) is 65.1 Å². The number of thiazole rings is 1. The highest BCUT2D eigenvalue weighted by molar-refractivity contribution is 7.15. The summed E-state index contributed by atoms with van der Waals surface area (Å²) in [5.41, 5.74) is 4.48. The largest absolute Gasteiger partial charge is 0.291 e. The summed E-state index contributed by atoms with van der Waals surface area (Å²) in [6, 6.07) is 18.1. The summed E-state index contributed by atoms with van der Waals surface area (Å²) in [5.74, 6) is 0.848. The van der Waals surface area contributed by atoms with Gasteiger partial charge < -0.3 is 0 Å². The van der Waals surface area contributed by atoms with Crippen LogP contribution in [-0.4, -0.2) is 24.4 Å². The lowest BCUT2D eigenvalue weighted by atomic mass is 10.1. The van der Waals surface area contributed by atoms with Gasteiger partial charge >= 0.3 is 0 Å². The number of halogens is 2. The third kappa shape index (κ3) is 4.31. The Morgan fingerprint density at radius 3 is 2.46 bits per heavy atom. The molecule has 6 rings (SSSR count). The molecule has 1 aliphatic rings. The van der Waals surface area contributed by atoms with Crippen molar-refractivity contribution in [3.63, 3.8) is 0 Å². The van der Waals surface area contributed by atoms with Crippen molar-refractivity contribution in [3.8, 4) is 16.9 Å². The van der Waals surface area contributed by atoms with Crippen molar-refractivity contribution in [2.24, 2.45) is 11.3 Å². The highest BCUT2D eigenvalue weighted by atomic mass is 35.5. The Labute approximate surface area is 227 Å². The predicted octanol–water partition coefficient (Wildman–Crippen LogP) is 5.92. The molecule has 1 aliphatic carbocycles. The van der Waals surface area contributed by atoms with Gasteiger partial charge in [-0.2, -0.15) is 9.61 Å². The third-order valence-electron chi connectivity index (χ3n) is 7.07. The van der Waals surface area contributed by atoms with E-state index in [1.54, 1.807) is 0 Å². The van der Waals surface area contributed by atoms with Crippen molar-refractivity contribution in [3.05, 3.63) is 103 Å². The molecule has 5 aromatic rings. The number of aromatic nitrogens is 5. The maximum atomic E-state index is 13.3. The SMILES string of the molecule is Cc1ccc(-c2nn(-c3ccccc3)cc2/C=c2\sc3nc(C4C(C=C(Cl)Cl)C4(C)C)nn3c2=O)cc1. The first-order valence-electron chi connectivity index (χ1n) is 11.9. The average molecular weight is 548 g/mol. The van der Waals surface area contributed by atoms with Gasteiger partial charge in [-0.15, -0.1) is 5.10 Å². The van der Waals surface area contributed by atoms with Gasteiger partial charge in [0.1, 0.15) is 4.49 Å². The number of aryl methyl sites for hydroxylation is 1. The van der Waals surface area contributed by atoms with Crippen LogP contribution >= 0.6 is 34.5 Å². The molecule has 0 spiro atoms. The summed E-state index contributed by atoms with van der Waals surface area (Å²) in [7, 11) is 0. The van der Waals surface area contributed by atoms with Gasteiger partial charge in [-0.05, 0) is 42.5 Å². The van der Waals surface area contributed by atoms with Crippen LogP contribution < -0.4 is 10.1 Å². The fraction of sp³-hybridized carbons (Fsp3) is 0.214. The monoisotopic (exact) mass is 547 g/mol. The standard InChI is InChI=1S/C28H23Cl2N5OS/c1-16-9-11-17(12-10-16)24-18(15-34(32-24)19-7-5-4-6-8-19)13-21-26(36)35-27(37-21)31-25(33-35)23-20(14-22(29)30)28(23,2)3/h4-15,20,23H,1-3H3/b21-13-. The molecule has 6 nitrogen and oxygen atoms in total. The van der Waals surface area contributed by atoms with Crippen LogP contribution in [0.4, 0.5) is 0 Å². The Bertz CT molecular complexity index is 1760. The van der Waals surface area contributed by atoms with Crippen LogP contribution in [-0.2, 0) is 0 Å². The van der Waals surface area contributed by atoms with Gasteiger partial charge in [-0.3, -0.25) is 4.79 Å². The molecule has 0 aliphatic heterocycles. The lowest BCUT2D eigenvalue weighted by molar-refractivity contribution is 0.585. The Hall–Kier alpha value is -3.26. The lowest BCUT2D eigenvalue weighted by Crippen LogP contribution is -2.23. The normalized spacial score (nSPS) is 18.9. The van der Waals surface area contributed by atoms with E-state index in [0.717, 1.165) is 22.5 Å². The molecular formula is C28H23Cl2N5OS. The number of nitrogens with zero attached hydrogens (tertiary/aromatic N) is 5. The van der Waals surface area contributed by atoms with Crippen LogP contribution in [0.3, 0.4) is 0 Å². The molecular weight excluding hydrogens is 525 g/mol. The zero-order chi connectivity index (χ0) is 25.9. The molecule has 2 atom stereocenters. The molecule has 3 heterocycles. The number of fused-ring (bicyclic) bond motifs is 1. The Morgan fingerprint density at radius 1 is 1.05 bits per heavy atom. The Morgan fingerprint density at radius 2 is 1.78 bits per heavy atom. The van der Waals surface area contributed by atoms with Crippen LogP contribution in [0, 0.1) is 18.3 Å². The second kappa shape index (κ2) is 8.94. The number of rotatable bonds is 5. The smallest absolute Gasteiger partial charge is 0.266 e. The van der Waals surface area contributed by atoms with Gasteiger partial charge in [0.2, 0.25) is 4.96 Å². The molecule has 0 saturated heterocycles. The fourth-order valence-electron chi connectivity index (χ4n) is 4.88. The first-order valence-corrected chi connectivity index (χ1v) is 13.5. The molecule has 1 fully saturated rings. The van der Waals surface area contributed by atoms with E-state index in [9.17, 15) is 4.79 Å². The van der Waals surface area contributed by atoms with Gasteiger partial charge in [0.25, 0.3) is 5.56 Å². The predicted molar refractivity (Wildman–Crippen MR) is 149 cm³/mol. The van der Waals surface area contributed by atoms with Crippen molar-refractivity contribution in [1.29, 1.82) is 0 Å². The van der Waals surface area contributed by atoms with E-state index in [1.165, 1.54) is 21.4 Å². The summed E-state index contributed by atoms with van der Waals surface area (Å²) in [6.45, 7) is 6.30. The lowest BCUT2D eigenvalue weighted by Gasteiger charge is -2.01. The minimum absolute atomic E-state index is 0.0659. The van der Waals surface area contributed by atoms with Crippen LogP contribution in [0.15, 0.2) is 76.2 Å². The van der Waals surface area contributed by atoms with E-state index in [2.05, 4.69) is 38.0 Å². The average Bonchev–Trinajstić information content (AvgIpc) is 3.28. The summed E-state index contributed by atoms with van der Waals surface area (Å²) >= 11 is 13.1.